The normalized spacial score (nSPS) is 36.8. The zero-order chi connectivity index (χ0) is 9.03. The molecule has 1 saturated carbocycles. The Labute approximate surface area is 83.9 Å². The molecular formula is C10H19ClSi. The Morgan fingerprint density at radius 3 is 2.33 bits per heavy atom. The zero-order valence-corrected chi connectivity index (χ0v) is 9.95. The van der Waals surface area contributed by atoms with Crippen LogP contribution < -0.4 is 0 Å². The summed E-state index contributed by atoms with van der Waals surface area (Å²) in [6.07, 6.45) is 6.97. The smallest absolute Gasteiger partial charge is 0.0420 e. The molecule has 1 fully saturated rings. The lowest BCUT2D eigenvalue weighted by Gasteiger charge is -2.38. The van der Waals surface area contributed by atoms with Crippen molar-refractivity contribution < 1.29 is 0 Å². The fourth-order valence-corrected chi connectivity index (χ4v) is 3.62. The van der Waals surface area contributed by atoms with E-state index in [-0.39, 0.29) is 0 Å². The maximum atomic E-state index is 5.86. The standard InChI is InChI=1S/C10H19ClSi/c1-3-10(12-2)6-4-9(8-11)5-7-10/h9H,3-8H2,1-2H3. The quantitative estimate of drug-likeness (QED) is 0.483. The fourth-order valence-electron chi connectivity index (χ4n) is 2.16. The average molecular weight is 203 g/mol. The summed E-state index contributed by atoms with van der Waals surface area (Å²) in [6.45, 7) is 4.71. The summed E-state index contributed by atoms with van der Waals surface area (Å²) in [6, 6.07) is 0. The van der Waals surface area contributed by atoms with Crippen molar-refractivity contribution in [3.63, 3.8) is 0 Å². The van der Waals surface area contributed by atoms with Gasteiger partial charge in [-0.2, -0.15) is 0 Å². The van der Waals surface area contributed by atoms with Crippen molar-refractivity contribution in [3.05, 3.63) is 0 Å². The van der Waals surface area contributed by atoms with Crippen LogP contribution in [0.15, 0.2) is 0 Å². The van der Waals surface area contributed by atoms with Crippen LogP contribution in [0.4, 0.5) is 0 Å². The summed E-state index contributed by atoms with van der Waals surface area (Å²) in [4.78, 5) is 0. The van der Waals surface area contributed by atoms with Crippen LogP contribution in [0.25, 0.3) is 0 Å². The summed E-state index contributed by atoms with van der Waals surface area (Å²) >= 11 is 5.86. The molecule has 0 aromatic rings. The minimum absolute atomic E-state index is 0.711. The van der Waals surface area contributed by atoms with Crippen LogP contribution in [-0.4, -0.2) is 15.4 Å². The molecule has 0 heterocycles. The van der Waals surface area contributed by atoms with E-state index >= 15 is 0 Å². The molecule has 0 aliphatic heterocycles. The van der Waals surface area contributed by atoms with E-state index in [4.69, 9.17) is 11.6 Å². The molecule has 0 unspecified atom stereocenters. The van der Waals surface area contributed by atoms with E-state index in [1.165, 1.54) is 32.1 Å². The highest BCUT2D eigenvalue weighted by molar-refractivity contribution is 6.38. The van der Waals surface area contributed by atoms with Gasteiger partial charge in [-0.25, -0.2) is 0 Å². The van der Waals surface area contributed by atoms with Crippen molar-refractivity contribution in [2.24, 2.45) is 5.92 Å². The molecule has 1 aliphatic carbocycles. The largest absolute Gasteiger partial charge is 0.126 e. The van der Waals surface area contributed by atoms with E-state index in [0.29, 0.717) is 5.04 Å². The van der Waals surface area contributed by atoms with Gasteiger partial charge in [-0.15, -0.1) is 11.6 Å². The van der Waals surface area contributed by atoms with E-state index in [1.807, 2.05) is 0 Å². The van der Waals surface area contributed by atoms with Crippen LogP contribution in [0, 0.1) is 5.92 Å². The molecule has 0 nitrogen and oxygen atoms in total. The minimum Gasteiger partial charge on any atom is -0.126 e. The van der Waals surface area contributed by atoms with Gasteiger partial charge < -0.3 is 0 Å². The van der Waals surface area contributed by atoms with E-state index in [1.54, 1.807) is 0 Å². The maximum Gasteiger partial charge on any atom is 0.0420 e. The van der Waals surface area contributed by atoms with Crippen molar-refractivity contribution >= 4 is 21.1 Å². The third-order valence-corrected chi connectivity index (χ3v) is 5.84. The average Bonchev–Trinajstić information content (AvgIpc) is 2.18. The van der Waals surface area contributed by atoms with Gasteiger partial charge in [-0.3, -0.25) is 0 Å². The van der Waals surface area contributed by atoms with Crippen LogP contribution in [0.5, 0.6) is 0 Å². The lowest BCUT2D eigenvalue weighted by atomic mass is 9.81. The van der Waals surface area contributed by atoms with E-state index in [2.05, 4.69) is 13.5 Å². The Bertz CT molecular complexity index is 122. The van der Waals surface area contributed by atoms with Gasteiger partial charge in [0.1, 0.15) is 0 Å². The van der Waals surface area contributed by atoms with Gasteiger partial charge in [0.2, 0.25) is 0 Å². The molecule has 0 saturated heterocycles. The monoisotopic (exact) mass is 202 g/mol. The first kappa shape index (κ1) is 10.6. The number of hydrogen-bond donors (Lipinski definition) is 0. The molecule has 0 spiro atoms. The summed E-state index contributed by atoms with van der Waals surface area (Å²) in [5.74, 6) is 1.70. The van der Waals surface area contributed by atoms with Crippen molar-refractivity contribution in [3.8, 4) is 0 Å². The number of hydrogen-bond acceptors (Lipinski definition) is 0. The predicted octanol–water partition coefficient (Wildman–Crippen LogP) is 3.74. The van der Waals surface area contributed by atoms with Gasteiger partial charge in [-0.1, -0.05) is 32.7 Å². The molecule has 70 valence electrons. The van der Waals surface area contributed by atoms with Gasteiger partial charge in [0.15, 0.2) is 0 Å². The third kappa shape index (κ3) is 2.26. The van der Waals surface area contributed by atoms with Gasteiger partial charge in [0, 0.05) is 15.4 Å². The Hall–Kier alpha value is 0.507. The number of rotatable bonds is 3. The topological polar surface area (TPSA) is 0 Å². The number of halogens is 1. The Balaban J connectivity index is 2.42. The van der Waals surface area contributed by atoms with Gasteiger partial charge in [0.25, 0.3) is 0 Å². The highest BCUT2D eigenvalue weighted by Crippen LogP contribution is 2.46. The molecule has 2 heteroatoms. The second-order valence-corrected chi connectivity index (χ2v) is 5.85. The molecular weight excluding hydrogens is 184 g/mol. The molecule has 1 aliphatic rings. The van der Waals surface area contributed by atoms with E-state index in [9.17, 15) is 0 Å². The first-order chi connectivity index (χ1) is 5.76. The van der Waals surface area contributed by atoms with Crippen LogP contribution in [0.1, 0.15) is 39.0 Å². The fraction of sp³-hybridized carbons (Fsp3) is 1.00. The van der Waals surface area contributed by atoms with Crippen LogP contribution in [-0.2, 0) is 0 Å². The molecule has 0 bridgehead atoms. The summed E-state index contributed by atoms with van der Waals surface area (Å²) < 4.78 is 0. The van der Waals surface area contributed by atoms with Gasteiger partial charge in [0.05, 0.1) is 0 Å². The first-order valence-electron chi connectivity index (χ1n) is 5.01. The Kier molecular flexibility index (Phi) is 4.11. The zero-order valence-electron chi connectivity index (χ0n) is 8.20. The second-order valence-electron chi connectivity index (χ2n) is 3.98. The number of alkyl halides is 1. The van der Waals surface area contributed by atoms with Crippen molar-refractivity contribution in [2.75, 3.05) is 5.88 Å². The highest BCUT2D eigenvalue weighted by atomic mass is 35.5. The van der Waals surface area contributed by atoms with Crippen LogP contribution in [0.2, 0.25) is 11.6 Å². The van der Waals surface area contributed by atoms with Gasteiger partial charge >= 0.3 is 0 Å². The van der Waals surface area contributed by atoms with Crippen LogP contribution >= 0.6 is 11.6 Å². The predicted molar refractivity (Wildman–Crippen MR) is 57.3 cm³/mol. The third-order valence-electron chi connectivity index (χ3n) is 3.49. The molecule has 0 aromatic carbocycles. The van der Waals surface area contributed by atoms with Gasteiger partial charge in [-0.05, 0) is 23.8 Å². The van der Waals surface area contributed by atoms with Crippen molar-refractivity contribution in [1.82, 2.24) is 0 Å². The Morgan fingerprint density at radius 2 is 2.00 bits per heavy atom. The lowest BCUT2D eigenvalue weighted by molar-refractivity contribution is 0.299. The molecule has 0 atom stereocenters. The SMILES string of the molecule is CCC1([Si]C)CCC(CCl)CC1. The maximum absolute atomic E-state index is 5.86. The van der Waals surface area contributed by atoms with E-state index in [0.717, 1.165) is 21.3 Å². The molecule has 0 aromatic heterocycles. The molecule has 2 radical (unpaired) electrons. The highest BCUT2D eigenvalue weighted by Gasteiger charge is 2.31. The minimum atomic E-state index is 0.711. The van der Waals surface area contributed by atoms with Crippen molar-refractivity contribution in [2.45, 2.75) is 50.6 Å². The Morgan fingerprint density at radius 1 is 1.42 bits per heavy atom. The summed E-state index contributed by atoms with van der Waals surface area (Å²) in [5.41, 5.74) is 0. The van der Waals surface area contributed by atoms with Crippen molar-refractivity contribution in [1.29, 1.82) is 0 Å². The van der Waals surface area contributed by atoms with E-state index < -0.39 is 0 Å². The molecule has 0 amide bonds. The van der Waals surface area contributed by atoms with Crippen LogP contribution in [0.3, 0.4) is 0 Å². The lowest BCUT2D eigenvalue weighted by Crippen LogP contribution is -2.25. The molecule has 12 heavy (non-hydrogen) atoms. The first-order valence-corrected chi connectivity index (χ1v) is 7.04. The molecule has 0 N–H and O–H groups in total. The summed E-state index contributed by atoms with van der Waals surface area (Å²) in [7, 11) is 1.13. The molecule has 1 rings (SSSR count). The summed E-state index contributed by atoms with van der Waals surface area (Å²) in [5, 5.41) is 0.711. The second kappa shape index (κ2) is 4.66.